The highest BCUT2D eigenvalue weighted by Gasteiger charge is 1.96. The van der Waals surface area contributed by atoms with Crippen molar-refractivity contribution in [1.29, 1.82) is 0 Å². The minimum Gasteiger partial charge on any atom is -0.481 e. The second-order valence-corrected chi connectivity index (χ2v) is 7.49. The summed E-state index contributed by atoms with van der Waals surface area (Å²) in [7, 11) is 0.279. The van der Waals surface area contributed by atoms with Crippen molar-refractivity contribution < 1.29 is 9.90 Å². The lowest BCUT2D eigenvalue weighted by Crippen LogP contribution is -2.16. The Hall–Kier alpha value is -0.353. The van der Waals surface area contributed by atoms with Gasteiger partial charge >= 0.3 is 5.97 Å². The summed E-state index contributed by atoms with van der Waals surface area (Å²) in [6.07, 6.45) is 12.8. The third-order valence-electron chi connectivity index (χ3n) is 3.70. The zero-order valence-corrected chi connectivity index (χ0v) is 14.9. The van der Waals surface area contributed by atoms with E-state index >= 15 is 0 Å². The molecule has 0 unspecified atom stereocenters. The molecule has 0 saturated carbocycles. The molecule has 0 amide bonds. The predicted octanol–water partition coefficient (Wildman–Crippen LogP) is 3.59. The van der Waals surface area contributed by atoms with E-state index in [1.165, 1.54) is 70.5 Å². The molecule has 20 heavy (non-hydrogen) atoms. The Morgan fingerprint density at radius 3 is 1.90 bits per heavy atom. The van der Waals surface area contributed by atoms with Crippen molar-refractivity contribution in [2.45, 2.75) is 83.2 Å². The van der Waals surface area contributed by atoms with Gasteiger partial charge in [-0.15, -0.1) is 0 Å². The molecule has 0 heterocycles. The Morgan fingerprint density at radius 2 is 1.35 bits per heavy atom. The summed E-state index contributed by atoms with van der Waals surface area (Å²) in [5.74, 6) is -0.657. The lowest BCUT2D eigenvalue weighted by atomic mass is 10.1. The van der Waals surface area contributed by atoms with Crippen LogP contribution in [-0.2, 0) is 4.79 Å². The van der Waals surface area contributed by atoms with E-state index in [0.29, 0.717) is 6.42 Å². The van der Waals surface area contributed by atoms with Crippen LogP contribution in [0.3, 0.4) is 0 Å². The third-order valence-corrected chi connectivity index (χ3v) is 4.91. The van der Waals surface area contributed by atoms with E-state index in [1.54, 1.807) is 0 Å². The van der Waals surface area contributed by atoms with Crippen LogP contribution in [0.5, 0.6) is 0 Å². The maximum Gasteiger partial charge on any atom is 0.303 e. The van der Waals surface area contributed by atoms with Gasteiger partial charge in [0.2, 0.25) is 0 Å². The Kier molecular flexibility index (Phi) is 16.4. The summed E-state index contributed by atoms with van der Waals surface area (Å²) in [6.45, 7) is 4.80. The van der Waals surface area contributed by atoms with Crippen LogP contribution in [0.1, 0.15) is 70.6 Å². The van der Waals surface area contributed by atoms with Crippen molar-refractivity contribution in [1.82, 2.24) is 5.32 Å². The number of carboxylic acids is 1. The summed E-state index contributed by atoms with van der Waals surface area (Å²) >= 11 is 0. The minimum absolute atomic E-state index is 0.279. The normalized spacial score (nSPS) is 11.4. The average molecular weight is 302 g/mol. The van der Waals surface area contributed by atoms with Gasteiger partial charge in [-0.3, -0.25) is 4.79 Å². The fraction of sp³-hybridized carbons (Fsp3) is 0.938. The number of aliphatic carboxylic acids is 1. The van der Waals surface area contributed by atoms with Gasteiger partial charge in [-0.25, -0.2) is 0 Å². The van der Waals surface area contributed by atoms with Crippen LogP contribution in [0, 0.1) is 0 Å². The van der Waals surface area contributed by atoms with Gasteiger partial charge in [-0.1, -0.05) is 57.5 Å². The van der Waals surface area contributed by atoms with Crippen molar-refractivity contribution in [3.05, 3.63) is 0 Å². The molecule has 0 aromatic heterocycles. The molecule has 4 heteroatoms. The molecular formula is C16H35NO2Si. The van der Waals surface area contributed by atoms with Gasteiger partial charge in [0.15, 0.2) is 0 Å². The molecule has 2 N–H and O–H groups in total. The van der Waals surface area contributed by atoms with Crippen LogP contribution in [-0.4, -0.2) is 33.7 Å². The van der Waals surface area contributed by atoms with E-state index in [4.69, 9.17) is 5.11 Å². The van der Waals surface area contributed by atoms with E-state index in [9.17, 15) is 4.79 Å². The summed E-state index contributed by atoms with van der Waals surface area (Å²) in [5, 5.41) is 12.0. The average Bonchev–Trinajstić information content (AvgIpc) is 2.43. The Labute approximate surface area is 127 Å². The number of hydrogen-bond acceptors (Lipinski definition) is 2. The van der Waals surface area contributed by atoms with Gasteiger partial charge in [0.05, 0.1) is 0 Å². The van der Waals surface area contributed by atoms with Gasteiger partial charge in [-0.05, 0) is 32.4 Å². The highest BCUT2D eigenvalue weighted by Crippen LogP contribution is 2.10. The lowest BCUT2D eigenvalue weighted by molar-refractivity contribution is -0.137. The second-order valence-electron chi connectivity index (χ2n) is 5.78. The molecule has 0 radical (unpaired) electrons. The van der Waals surface area contributed by atoms with Crippen LogP contribution in [0.15, 0.2) is 0 Å². The number of carboxylic acid groups (broad SMARTS) is 1. The van der Waals surface area contributed by atoms with Gasteiger partial charge < -0.3 is 10.4 Å². The maximum absolute atomic E-state index is 10.3. The largest absolute Gasteiger partial charge is 0.481 e. The van der Waals surface area contributed by atoms with Gasteiger partial charge in [0.25, 0.3) is 0 Å². The van der Waals surface area contributed by atoms with Gasteiger partial charge in [0, 0.05) is 15.9 Å². The van der Waals surface area contributed by atoms with Crippen LogP contribution in [0.2, 0.25) is 12.6 Å². The Bertz CT molecular complexity index is 213. The van der Waals surface area contributed by atoms with E-state index in [0.717, 1.165) is 12.8 Å². The SMILES string of the molecule is C[SiH2]CCCNCCCCCCCCCCCC(=O)O. The fourth-order valence-electron chi connectivity index (χ4n) is 2.39. The molecule has 0 fully saturated rings. The Balaban J connectivity index is 2.94. The summed E-state index contributed by atoms with van der Waals surface area (Å²) in [5.41, 5.74) is 0. The molecule has 0 aliphatic carbocycles. The Morgan fingerprint density at radius 1 is 0.850 bits per heavy atom. The fourth-order valence-corrected chi connectivity index (χ4v) is 3.14. The molecule has 0 aliphatic rings. The van der Waals surface area contributed by atoms with Gasteiger partial charge in [-0.2, -0.15) is 0 Å². The summed E-state index contributed by atoms with van der Waals surface area (Å²) in [4.78, 5) is 10.3. The lowest BCUT2D eigenvalue weighted by Gasteiger charge is -2.04. The van der Waals surface area contributed by atoms with Crippen LogP contribution in [0.25, 0.3) is 0 Å². The van der Waals surface area contributed by atoms with Crippen molar-refractivity contribution in [2.75, 3.05) is 13.1 Å². The van der Waals surface area contributed by atoms with Crippen LogP contribution in [0.4, 0.5) is 0 Å². The summed E-state index contributed by atoms with van der Waals surface area (Å²) < 4.78 is 0. The summed E-state index contributed by atoms with van der Waals surface area (Å²) in [6, 6.07) is 1.49. The molecule has 0 bridgehead atoms. The van der Waals surface area contributed by atoms with Crippen molar-refractivity contribution in [3.63, 3.8) is 0 Å². The first-order chi connectivity index (χ1) is 9.77. The third kappa shape index (κ3) is 17.6. The number of unbranched alkanes of at least 4 members (excludes halogenated alkanes) is 8. The first-order valence-electron chi connectivity index (χ1n) is 8.70. The smallest absolute Gasteiger partial charge is 0.303 e. The van der Waals surface area contributed by atoms with E-state index in [-0.39, 0.29) is 9.52 Å². The number of nitrogens with one attached hydrogen (secondary N) is 1. The standard InChI is InChI=1S/C16H35NO2Si/c1-20-15-11-14-17-13-10-8-6-4-2-3-5-7-9-12-16(18)19/h17H,2-15,20H2,1H3,(H,18,19). The highest BCUT2D eigenvalue weighted by molar-refractivity contribution is 6.33. The first kappa shape index (κ1) is 19.6. The molecule has 0 saturated heterocycles. The predicted molar refractivity (Wildman–Crippen MR) is 90.5 cm³/mol. The van der Waals surface area contributed by atoms with Gasteiger partial charge in [0.1, 0.15) is 0 Å². The van der Waals surface area contributed by atoms with Crippen LogP contribution < -0.4 is 5.32 Å². The zero-order valence-electron chi connectivity index (χ0n) is 13.5. The van der Waals surface area contributed by atoms with Crippen LogP contribution >= 0.6 is 0 Å². The first-order valence-corrected chi connectivity index (χ1v) is 11.1. The maximum atomic E-state index is 10.3. The number of hydrogen-bond donors (Lipinski definition) is 2. The van der Waals surface area contributed by atoms with E-state index in [2.05, 4.69) is 11.9 Å². The van der Waals surface area contributed by atoms with Crippen molar-refractivity contribution in [2.24, 2.45) is 0 Å². The molecule has 0 atom stereocenters. The molecule has 0 spiro atoms. The quantitative estimate of drug-likeness (QED) is 0.338. The van der Waals surface area contributed by atoms with E-state index in [1.807, 2.05) is 0 Å². The molecule has 0 aromatic rings. The molecule has 0 aromatic carbocycles. The topological polar surface area (TPSA) is 49.3 Å². The molecule has 0 rings (SSSR count). The number of carbonyl (C=O) groups is 1. The molecule has 3 nitrogen and oxygen atoms in total. The second kappa shape index (κ2) is 16.7. The highest BCUT2D eigenvalue weighted by atomic mass is 28.2. The van der Waals surface area contributed by atoms with E-state index < -0.39 is 5.97 Å². The van der Waals surface area contributed by atoms with Crippen molar-refractivity contribution >= 4 is 15.5 Å². The monoisotopic (exact) mass is 301 g/mol. The molecule has 120 valence electrons. The number of rotatable bonds is 16. The molecular weight excluding hydrogens is 266 g/mol. The van der Waals surface area contributed by atoms with Crippen molar-refractivity contribution in [3.8, 4) is 0 Å². The minimum atomic E-state index is -0.657. The molecule has 0 aliphatic heterocycles. The zero-order chi connectivity index (χ0) is 14.9.